The van der Waals surface area contributed by atoms with Gasteiger partial charge >= 0.3 is 0 Å². The van der Waals surface area contributed by atoms with Crippen LogP contribution in [0.15, 0.2) is 24.3 Å². The van der Waals surface area contributed by atoms with Gasteiger partial charge in [-0.15, -0.1) is 0 Å². The highest BCUT2D eigenvalue weighted by atomic mass is 32.2. The summed E-state index contributed by atoms with van der Waals surface area (Å²) >= 11 is 0. The third-order valence-corrected chi connectivity index (χ3v) is 5.62. The van der Waals surface area contributed by atoms with Crippen molar-refractivity contribution in [1.82, 2.24) is 8.61 Å². The maximum atomic E-state index is 12.8. The first-order valence-electron chi connectivity index (χ1n) is 7.10. The van der Waals surface area contributed by atoms with Crippen LogP contribution >= 0.6 is 0 Å². The minimum Gasteiger partial charge on any atom is -0.399 e. The lowest BCUT2D eigenvalue weighted by atomic mass is 10.2. The van der Waals surface area contributed by atoms with Crippen molar-refractivity contribution < 1.29 is 13.2 Å². The van der Waals surface area contributed by atoms with Crippen LogP contribution in [0.2, 0.25) is 0 Å². The van der Waals surface area contributed by atoms with Crippen molar-refractivity contribution in [3.63, 3.8) is 0 Å². The van der Waals surface area contributed by atoms with E-state index in [1.807, 2.05) is 32.0 Å². The molecule has 0 aromatic heterocycles. The first-order chi connectivity index (χ1) is 9.91. The Morgan fingerprint density at radius 3 is 2.57 bits per heavy atom. The normalized spacial score (nSPS) is 17.5. The van der Waals surface area contributed by atoms with E-state index in [1.54, 1.807) is 6.07 Å². The van der Waals surface area contributed by atoms with Crippen molar-refractivity contribution >= 4 is 15.9 Å². The molecule has 1 fully saturated rings. The predicted molar refractivity (Wildman–Crippen MR) is 82.8 cm³/mol. The van der Waals surface area contributed by atoms with Gasteiger partial charge in [-0.05, 0) is 31.5 Å². The summed E-state index contributed by atoms with van der Waals surface area (Å²) in [5, 5.41) is 0. The Hall–Kier alpha value is -1.15. The molecule has 7 heteroatoms. The van der Waals surface area contributed by atoms with Crippen molar-refractivity contribution in [3.05, 3.63) is 29.8 Å². The average molecular weight is 313 g/mol. The van der Waals surface area contributed by atoms with Gasteiger partial charge in [0.15, 0.2) is 0 Å². The predicted octanol–water partition coefficient (Wildman–Crippen LogP) is 1.06. The number of hydrogen-bond donors (Lipinski definition) is 1. The van der Waals surface area contributed by atoms with E-state index in [0.29, 0.717) is 38.5 Å². The highest BCUT2D eigenvalue weighted by Gasteiger charge is 2.32. The number of nitrogens with zero attached hydrogens (tertiary/aromatic N) is 2. The second-order valence-corrected chi connectivity index (χ2v) is 7.28. The maximum absolute atomic E-state index is 12.8. The lowest BCUT2D eigenvalue weighted by molar-refractivity contribution is 0.0693. The fourth-order valence-corrected chi connectivity index (χ4v) is 4.08. The van der Waals surface area contributed by atoms with Crippen LogP contribution in [0.3, 0.4) is 0 Å². The number of anilines is 1. The SMILES string of the molecule is CC(C)N(Cc1cccc(N)c1)S(=O)(=O)N1CCOCC1. The van der Waals surface area contributed by atoms with Crippen LogP contribution < -0.4 is 5.73 Å². The largest absolute Gasteiger partial charge is 0.399 e. The second-order valence-electron chi connectivity index (χ2n) is 5.40. The molecule has 2 rings (SSSR count). The molecule has 6 nitrogen and oxygen atoms in total. The third kappa shape index (κ3) is 3.94. The fraction of sp³-hybridized carbons (Fsp3) is 0.571. The van der Waals surface area contributed by atoms with Gasteiger partial charge in [0.2, 0.25) is 0 Å². The lowest BCUT2D eigenvalue weighted by Gasteiger charge is -2.34. The number of nitrogens with two attached hydrogens (primary N) is 1. The van der Waals surface area contributed by atoms with E-state index in [9.17, 15) is 8.42 Å². The molecule has 0 bridgehead atoms. The zero-order chi connectivity index (χ0) is 15.5. The molecular formula is C14H23N3O3S. The molecule has 1 aliphatic heterocycles. The molecule has 2 N–H and O–H groups in total. The summed E-state index contributed by atoms with van der Waals surface area (Å²) in [6.07, 6.45) is 0. The van der Waals surface area contributed by atoms with Crippen LogP contribution in [0, 0.1) is 0 Å². The van der Waals surface area contributed by atoms with Crippen molar-refractivity contribution in [3.8, 4) is 0 Å². The van der Waals surface area contributed by atoms with Crippen molar-refractivity contribution in [2.24, 2.45) is 0 Å². The standard InChI is InChI=1S/C14H23N3O3S/c1-12(2)17(11-13-4-3-5-14(15)10-13)21(18,19)16-6-8-20-9-7-16/h3-5,10,12H,6-9,11,15H2,1-2H3. The molecule has 21 heavy (non-hydrogen) atoms. The maximum Gasteiger partial charge on any atom is 0.282 e. The number of morpholine rings is 1. The number of ether oxygens (including phenoxy) is 1. The number of rotatable bonds is 5. The van der Waals surface area contributed by atoms with Crippen molar-refractivity contribution in [1.29, 1.82) is 0 Å². The molecule has 1 heterocycles. The molecule has 1 aromatic carbocycles. The monoisotopic (exact) mass is 313 g/mol. The summed E-state index contributed by atoms with van der Waals surface area (Å²) in [5.74, 6) is 0. The van der Waals surface area contributed by atoms with E-state index in [-0.39, 0.29) is 6.04 Å². The second kappa shape index (κ2) is 6.74. The molecule has 0 atom stereocenters. The molecule has 0 amide bonds. The summed E-state index contributed by atoms with van der Waals surface area (Å²) in [6.45, 7) is 5.79. The van der Waals surface area contributed by atoms with Crippen LogP contribution in [0.1, 0.15) is 19.4 Å². The Bertz CT molecular complexity index is 569. The number of nitrogen functional groups attached to an aromatic ring is 1. The van der Waals surface area contributed by atoms with Crippen LogP contribution in [-0.2, 0) is 21.5 Å². The first-order valence-corrected chi connectivity index (χ1v) is 8.50. The number of benzene rings is 1. The molecule has 0 spiro atoms. The van der Waals surface area contributed by atoms with E-state index in [1.165, 1.54) is 8.61 Å². The van der Waals surface area contributed by atoms with E-state index in [0.717, 1.165) is 5.56 Å². The molecule has 0 aliphatic carbocycles. The minimum atomic E-state index is -3.49. The van der Waals surface area contributed by atoms with Gasteiger partial charge in [-0.25, -0.2) is 0 Å². The Morgan fingerprint density at radius 2 is 2.00 bits per heavy atom. The molecule has 1 aliphatic rings. The van der Waals surface area contributed by atoms with Gasteiger partial charge in [-0.2, -0.15) is 17.0 Å². The summed E-state index contributed by atoms with van der Waals surface area (Å²) in [4.78, 5) is 0. The van der Waals surface area contributed by atoms with E-state index in [4.69, 9.17) is 10.5 Å². The van der Waals surface area contributed by atoms with Crippen molar-refractivity contribution in [2.45, 2.75) is 26.4 Å². The Morgan fingerprint density at radius 1 is 1.33 bits per heavy atom. The zero-order valence-corrected chi connectivity index (χ0v) is 13.3. The van der Waals surface area contributed by atoms with Gasteiger partial charge < -0.3 is 10.5 Å². The van der Waals surface area contributed by atoms with Gasteiger partial charge in [-0.3, -0.25) is 0 Å². The van der Waals surface area contributed by atoms with Gasteiger partial charge in [-0.1, -0.05) is 12.1 Å². The smallest absolute Gasteiger partial charge is 0.282 e. The van der Waals surface area contributed by atoms with Crippen LogP contribution in [0.4, 0.5) is 5.69 Å². The molecule has 1 aromatic rings. The topological polar surface area (TPSA) is 75.9 Å². The highest BCUT2D eigenvalue weighted by Crippen LogP contribution is 2.19. The van der Waals surface area contributed by atoms with E-state index >= 15 is 0 Å². The first kappa shape index (κ1) is 16.2. The lowest BCUT2D eigenvalue weighted by Crippen LogP contribution is -2.50. The average Bonchev–Trinajstić information content (AvgIpc) is 2.45. The van der Waals surface area contributed by atoms with E-state index in [2.05, 4.69) is 0 Å². The Kier molecular flexibility index (Phi) is 5.21. The van der Waals surface area contributed by atoms with Gasteiger partial charge in [0.1, 0.15) is 0 Å². The van der Waals surface area contributed by atoms with Crippen LogP contribution in [0.25, 0.3) is 0 Å². The van der Waals surface area contributed by atoms with Crippen LogP contribution in [-0.4, -0.2) is 49.4 Å². The summed E-state index contributed by atoms with van der Waals surface area (Å²) < 4.78 is 33.8. The molecule has 0 radical (unpaired) electrons. The summed E-state index contributed by atoms with van der Waals surface area (Å²) in [5.41, 5.74) is 7.30. The van der Waals surface area contributed by atoms with E-state index < -0.39 is 10.2 Å². The number of hydrogen-bond acceptors (Lipinski definition) is 4. The third-order valence-electron chi connectivity index (χ3n) is 3.46. The summed E-state index contributed by atoms with van der Waals surface area (Å²) in [7, 11) is -3.49. The Balaban J connectivity index is 2.21. The molecule has 1 saturated heterocycles. The fourth-order valence-electron chi connectivity index (χ4n) is 2.33. The van der Waals surface area contributed by atoms with Crippen molar-refractivity contribution in [2.75, 3.05) is 32.0 Å². The molecule has 0 saturated carbocycles. The zero-order valence-electron chi connectivity index (χ0n) is 12.5. The van der Waals surface area contributed by atoms with Gasteiger partial charge in [0.25, 0.3) is 10.2 Å². The van der Waals surface area contributed by atoms with Crippen LogP contribution in [0.5, 0.6) is 0 Å². The molecule has 0 unspecified atom stereocenters. The van der Waals surface area contributed by atoms with Gasteiger partial charge in [0, 0.05) is 31.4 Å². The molecular weight excluding hydrogens is 290 g/mol. The molecule has 118 valence electrons. The Labute approximate surface area is 126 Å². The summed E-state index contributed by atoms with van der Waals surface area (Å²) in [6, 6.07) is 7.20. The highest BCUT2D eigenvalue weighted by molar-refractivity contribution is 7.86. The van der Waals surface area contributed by atoms with Gasteiger partial charge in [0.05, 0.1) is 13.2 Å². The quantitative estimate of drug-likeness (QED) is 0.825. The minimum absolute atomic E-state index is 0.126.